The summed E-state index contributed by atoms with van der Waals surface area (Å²) in [5.41, 5.74) is 1.87. The molecule has 0 saturated carbocycles. The maximum atomic E-state index is 12.0. The van der Waals surface area contributed by atoms with Crippen LogP contribution >= 0.6 is 15.9 Å². The van der Waals surface area contributed by atoms with Gasteiger partial charge in [-0.15, -0.1) is 0 Å². The lowest BCUT2D eigenvalue weighted by molar-refractivity contribution is -0.136. The van der Waals surface area contributed by atoms with Gasteiger partial charge in [0.25, 0.3) is 0 Å². The first-order chi connectivity index (χ1) is 10.8. The van der Waals surface area contributed by atoms with Gasteiger partial charge in [0.15, 0.2) is 6.61 Å². The minimum atomic E-state index is -0.415. The zero-order chi connectivity index (χ0) is 17.0. The molecular formula is C19H21BrO3. The van der Waals surface area contributed by atoms with E-state index in [1.807, 2.05) is 43.3 Å². The Morgan fingerprint density at radius 3 is 2.43 bits per heavy atom. The molecule has 0 aliphatic carbocycles. The summed E-state index contributed by atoms with van der Waals surface area (Å²) >= 11 is 3.47. The molecule has 2 rings (SSSR count). The highest BCUT2D eigenvalue weighted by atomic mass is 79.9. The van der Waals surface area contributed by atoms with Crippen molar-refractivity contribution in [1.82, 2.24) is 0 Å². The molecule has 4 heteroatoms. The Morgan fingerprint density at radius 2 is 1.78 bits per heavy atom. The van der Waals surface area contributed by atoms with Crippen LogP contribution in [0.5, 0.6) is 11.5 Å². The third-order valence-corrected chi connectivity index (χ3v) is 3.91. The number of benzene rings is 2. The van der Waals surface area contributed by atoms with Crippen molar-refractivity contribution in [2.24, 2.45) is 0 Å². The number of rotatable bonds is 4. The third kappa shape index (κ3) is 4.83. The Hall–Kier alpha value is -1.81. The summed E-state index contributed by atoms with van der Waals surface area (Å²) in [7, 11) is 0. The largest absolute Gasteiger partial charge is 0.482 e. The van der Waals surface area contributed by atoms with Gasteiger partial charge in [0.2, 0.25) is 0 Å². The number of ether oxygens (including phenoxy) is 2. The van der Waals surface area contributed by atoms with E-state index >= 15 is 0 Å². The Labute approximate surface area is 145 Å². The maximum absolute atomic E-state index is 12.0. The molecule has 0 heterocycles. The van der Waals surface area contributed by atoms with Crippen molar-refractivity contribution < 1.29 is 14.3 Å². The average Bonchev–Trinajstić information content (AvgIpc) is 2.47. The molecule has 122 valence electrons. The van der Waals surface area contributed by atoms with E-state index in [2.05, 4.69) is 36.7 Å². The van der Waals surface area contributed by atoms with E-state index in [1.54, 1.807) is 6.07 Å². The fraction of sp³-hybridized carbons (Fsp3) is 0.316. The fourth-order valence-corrected chi connectivity index (χ4v) is 2.53. The molecule has 23 heavy (non-hydrogen) atoms. The predicted octanol–water partition coefficient (Wildman–Crippen LogP) is 5.04. The topological polar surface area (TPSA) is 35.5 Å². The zero-order valence-electron chi connectivity index (χ0n) is 13.9. The first-order valence-corrected chi connectivity index (χ1v) is 8.26. The van der Waals surface area contributed by atoms with Crippen LogP contribution in [0.25, 0.3) is 0 Å². The minimum Gasteiger partial charge on any atom is -0.482 e. The number of hydrogen-bond donors (Lipinski definition) is 0. The Kier molecular flexibility index (Phi) is 5.47. The number of hydrogen-bond acceptors (Lipinski definition) is 3. The van der Waals surface area contributed by atoms with E-state index in [0.29, 0.717) is 11.5 Å². The number of carbonyl (C=O) groups excluding carboxylic acids is 1. The van der Waals surface area contributed by atoms with Crippen LogP contribution in [0.15, 0.2) is 46.9 Å². The molecule has 3 nitrogen and oxygen atoms in total. The summed E-state index contributed by atoms with van der Waals surface area (Å²) in [5.74, 6) is 0.845. The predicted molar refractivity (Wildman–Crippen MR) is 95.2 cm³/mol. The van der Waals surface area contributed by atoms with Crippen molar-refractivity contribution in [3.05, 3.63) is 58.1 Å². The second-order valence-corrected chi connectivity index (χ2v) is 7.33. The molecule has 0 atom stereocenters. The lowest BCUT2D eigenvalue weighted by atomic mass is 9.86. The van der Waals surface area contributed by atoms with Gasteiger partial charge in [-0.3, -0.25) is 0 Å². The van der Waals surface area contributed by atoms with Gasteiger partial charge in [-0.2, -0.15) is 0 Å². The van der Waals surface area contributed by atoms with E-state index in [0.717, 1.165) is 15.6 Å². The van der Waals surface area contributed by atoms with Crippen LogP contribution in [0.2, 0.25) is 0 Å². The van der Waals surface area contributed by atoms with Gasteiger partial charge in [0.05, 0.1) is 0 Å². The molecule has 2 aromatic rings. The number of esters is 1. The summed E-state index contributed by atoms with van der Waals surface area (Å²) in [6, 6.07) is 13.2. The maximum Gasteiger partial charge on any atom is 0.349 e. The SMILES string of the molecule is Cc1ccccc1OC(=O)COc1ccc(Br)cc1C(C)(C)C. The standard InChI is InChI=1S/C19H21BrO3/c1-13-7-5-6-8-16(13)23-18(21)12-22-17-10-9-14(20)11-15(17)19(2,3)4/h5-11H,12H2,1-4H3. The molecular weight excluding hydrogens is 356 g/mol. The molecule has 2 aromatic carbocycles. The van der Waals surface area contributed by atoms with Gasteiger partial charge in [-0.25, -0.2) is 4.79 Å². The zero-order valence-corrected chi connectivity index (χ0v) is 15.4. The highest BCUT2D eigenvalue weighted by molar-refractivity contribution is 9.10. The molecule has 0 spiro atoms. The van der Waals surface area contributed by atoms with Crippen molar-refractivity contribution in [3.63, 3.8) is 0 Å². The van der Waals surface area contributed by atoms with Gasteiger partial charge in [0.1, 0.15) is 11.5 Å². The summed E-state index contributed by atoms with van der Waals surface area (Å²) in [5, 5.41) is 0. The van der Waals surface area contributed by atoms with Crippen molar-refractivity contribution in [2.75, 3.05) is 6.61 Å². The fourth-order valence-electron chi connectivity index (χ4n) is 2.17. The van der Waals surface area contributed by atoms with Gasteiger partial charge in [0, 0.05) is 10.0 Å². The van der Waals surface area contributed by atoms with Crippen molar-refractivity contribution in [2.45, 2.75) is 33.1 Å². The Bertz CT molecular complexity index is 702. The van der Waals surface area contributed by atoms with Crippen LogP contribution in [-0.4, -0.2) is 12.6 Å². The van der Waals surface area contributed by atoms with Crippen LogP contribution in [0.1, 0.15) is 31.9 Å². The Balaban J connectivity index is 2.06. The minimum absolute atomic E-state index is 0.0843. The third-order valence-electron chi connectivity index (χ3n) is 3.41. The summed E-state index contributed by atoms with van der Waals surface area (Å²) in [6.45, 7) is 8.09. The van der Waals surface area contributed by atoms with E-state index in [9.17, 15) is 4.79 Å². The second kappa shape index (κ2) is 7.18. The van der Waals surface area contributed by atoms with Crippen molar-refractivity contribution in [1.29, 1.82) is 0 Å². The van der Waals surface area contributed by atoms with Gasteiger partial charge in [-0.1, -0.05) is 54.9 Å². The average molecular weight is 377 g/mol. The van der Waals surface area contributed by atoms with Crippen molar-refractivity contribution >= 4 is 21.9 Å². The van der Waals surface area contributed by atoms with E-state index in [4.69, 9.17) is 9.47 Å². The molecule has 0 aromatic heterocycles. The molecule has 0 saturated heterocycles. The Morgan fingerprint density at radius 1 is 1.09 bits per heavy atom. The molecule has 0 unspecified atom stereocenters. The molecule has 0 amide bonds. The summed E-state index contributed by atoms with van der Waals surface area (Å²) in [4.78, 5) is 12.0. The second-order valence-electron chi connectivity index (χ2n) is 6.42. The van der Waals surface area contributed by atoms with E-state index in [1.165, 1.54) is 0 Å². The summed E-state index contributed by atoms with van der Waals surface area (Å²) < 4.78 is 12.0. The van der Waals surface area contributed by atoms with E-state index < -0.39 is 5.97 Å². The van der Waals surface area contributed by atoms with Crippen LogP contribution in [0, 0.1) is 6.92 Å². The molecule has 0 aliphatic heterocycles. The lowest BCUT2D eigenvalue weighted by Crippen LogP contribution is -2.20. The van der Waals surface area contributed by atoms with Gasteiger partial charge in [-0.05, 0) is 42.2 Å². The quantitative estimate of drug-likeness (QED) is 0.553. The molecule has 0 fully saturated rings. The van der Waals surface area contributed by atoms with Crippen LogP contribution < -0.4 is 9.47 Å². The molecule has 0 radical (unpaired) electrons. The lowest BCUT2D eigenvalue weighted by Gasteiger charge is -2.23. The first kappa shape index (κ1) is 17.5. The first-order valence-electron chi connectivity index (χ1n) is 7.46. The van der Waals surface area contributed by atoms with Gasteiger partial charge < -0.3 is 9.47 Å². The monoisotopic (exact) mass is 376 g/mol. The number of carbonyl (C=O) groups is 1. The van der Waals surface area contributed by atoms with Crippen molar-refractivity contribution in [3.8, 4) is 11.5 Å². The van der Waals surface area contributed by atoms with E-state index in [-0.39, 0.29) is 12.0 Å². The number of halogens is 1. The van der Waals surface area contributed by atoms with Crippen LogP contribution in [-0.2, 0) is 10.2 Å². The summed E-state index contributed by atoms with van der Waals surface area (Å²) in [6.07, 6.45) is 0. The highest BCUT2D eigenvalue weighted by Crippen LogP contribution is 2.33. The molecule has 0 bridgehead atoms. The smallest absolute Gasteiger partial charge is 0.349 e. The number of aryl methyl sites for hydroxylation is 1. The molecule has 0 N–H and O–H groups in total. The normalized spacial score (nSPS) is 11.2. The number of para-hydroxylation sites is 1. The van der Waals surface area contributed by atoms with Crippen LogP contribution in [0.3, 0.4) is 0 Å². The van der Waals surface area contributed by atoms with Crippen LogP contribution in [0.4, 0.5) is 0 Å². The highest BCUT2D eigenvalue weighted by Gasteiger charge is 2.20. The van der Waals surface area contributed by atoms with Gasteiger partial charge >= 0.3 is 5.97 Å². The molecule has 0 aliphatic rings.